The lowest BCUT2D eigenvalue weighted by Crippen LogP contribution is -2.48. The minimum Gasteiger partial charge on any atom is -0.497 e. The number of methoxy groups -OCH3 is 1. The summed E-state index contributed by atoms with van der Waals surface area (Å²) in [6, 6.07) is 15.3. The maximum atomic E-state index is 11.0. The summed E-state index contributed by atoms with van der Waals surface area (Å²) in [6.07, 6.45) is 4.65. The van der Waals surface area contributed by atoms with Gasteiger partial charge in [-0.1, -0.05) is 25.0 Å². The van der Waals surface area contributed by atoms with E-state index in [1.54, 1.807) is 19.2 Å². The third kappa shape index (κ3) is 4.45. The fraction of sp³-hybridized carbons (Fsp3) is 0.458. The van der Waals surface area contributed by atoms with Crippen molar-refractivity contribution in [2.24, 2.45) is 0 Å². The lowest BCUT2D eigenvalue weighted by atomic mass is 10.0. The molecule has 1 aliphatic heterocycles. The van der Waals surface area contributed by atoms with Crippen LogP contribution in [-0.4, -0.2) is 63.3 Å². The third-order valence-electron chi connectivity index (χ3n) is 6.97. The van der Waals surface area contributed by atoms with Crippen LogP contribution >= 0.6 is 0 Å². The van der Waals surface area contributed by atoms with Crippen LogP contribution in [0.1, 0.15) is 49.2 Å². The van der Waals surface area contributed by atoms with Crippen molar-refractivity contribution in [3.8, 4) is 5.75 Å². The number of tetrazole rings is 1. The third-order valence-corrected chi connectivity index (χ3v) is 6.97. The standard InChI is InChI=1S/C24H29N7O3/c1-34-22-12-6-18(7-13-22)23(24-25-26-27-30(24)20-4-2-3-5-20)29-16-14-28(15-17-29)19-8-10-21(11-9-19)31(32)33/h6-13,20,23H,2-5,14-17H2,1H3/t23-/m1/s1. The molecule has 2 fully saturated rings. The summed E-state index contributed by atoms with van der Waals surface area (Å²) in [6.45, 7) is 3.28. The second-order valence-corrected chi connectivity index (χ2v) is 8.89. The number of ether oxygens (including phenoxy) is 1. The maximum Gasteiger partial charge on any atom is 0.269 e. The zero-order valence-electron chi connectivity index (χ0n) is 19.3. The minimum absolute atomic E-state index is 0.0551. The van der Waals surface area contributed by atoms with Gasteiger partial charge in [-0.2, -0.15) is 0 Å². The summed E-state index contributed by atoms with van der Waals surface area (Å²) in [5.74, 6) is 1.71. The van der Waals surface area contributed by atoms with Gasteiger partial charge in [0.05, 0.1) is 24.1 Å². The van der Waals surface area contributed by atoms with E-state index in [1.807, 2.05) is 28.9 Å². The highest BCUT2D eigenvalue weighted by Gasteiger charge is 2.33. The van der Waals surface area contributed by atoms with E-state index in [-0.39, 0.29) is 16.7 Å². The molecule has 1 saturated heterocycles. The Labute approximate surface area is 198 Å². The number of piperazine rings is 1. The Balaban J connectivity index is 1.39. The van der Waals surface area contributed by atoms with E-state index in [9.17, 15) is 10.1 Å². The van der Waals surface area contributed by atoms with Gasteiger partial charge in [0.15, 0.2) is 5.82 Å². The van der Waals surface area contributed by atoms with Crippen LogP contribution in [0.4, 0.5) is 11.4 Å². The zero-order chi connectivity index (χ0) is 23.5. The van der Waals surface area contributed by atoms with Gasteiger partial charge in [-0.15, -0.1) is 5.10 Å². The number of aromatic nitrogens is 4. The molecule has 3 aromatic rings. The van der Waals surface area contributed by atoms with Gasteiger partial charge in [-0.25, -0.2) is 4.68 Å². The van der Waals surface area contributed by atoms with Crippen molar-refractivity contribution in [1.82, 2.24) is 25.1 Å². The molecular formula is C24H29N7O3. The number of nitrogens with zero attached hydrogens (tertiary/aromatic N) is 7. The number of non-ortho nitro benzene ring substituents is 1. The first kappa shape index (κ1) is 22.3. The smallest absolute Gasteiger partial charge is 0.269 e. The molecule has 0 radical (unpaired) electrons. The van der Waals surface area contributed by atoms with E-state index in [4.69, 9.17) is 4.74 Å². The molecule has 1 aromatic heterocycles. The Kier molecular flexibility index (Phi) is 6.39. The summed E-state index contributed by atoms with van der Waals surface area (Å²) in [4.78, 5) is 15.3. The Hall–Kier alpha value is -3.53. The Morgan fingerprint density at radius 3 is 2.29 bits per heavy atom. The van der Waals surface area contributed by atoms with Gasteiger partial charge in [0, 0.05) is 44.0 Å². The van der Waals surface area contributed by atoms with Crippen LogP contribution in [0, 0.1) is 10.1 Å². The maximum absolute atomic E-state index is 11.0. The molecule has 2 heterocycles. The van der Waals surface area contributed by atoms with Crippen LogP contribution in [0.5, 0.6) is 5.75 Å². The monoisotopic (exact) mass is 463 g/mol. The molecule has 0 bridgehead atoms. The van der Waals surface area contributed by atoms with Crippen LogP contribution in [0.2, 0.25) is 0 Å². The molecular weight excluding hydrogens is 434 g/mol. The molecule has 1 atom stereocenters. The predicted octanol–water partition coefficient (Wildman–Crippen LogP) is 3.62. The Morgan fingerprint density at radius 1 is 1.00 bits per heavy atom. The lowest BCUT2D eigenvalue weighted by Gasteiger charge is -2.40. The number of hydrogen-bond acceptors (Lipinski definition) is 8. The minimum atomic E-state index is -0.365. The summed E-state index contributed by atoms with van der Waals surface area (Å²) in [5.41, 5.74) is 2.25. The second kappa shape index (κ2) is 9.76. The van der Waals surface area contributed by atoms with Crippen molar-refractivity contribution in [1.29, 1.82) is 0 Å². The van der Waals surface area contributed by atoms with E-state index in [0.717, 1.165) is 61.8 Å². The van der Waals surface area contributed by atoms with E-state index in [1.165, 1.54) is 12.8 Å². The molecule has 10 nitrogen and oxygen atoms in total. The van der Waals surface area contributed by atoms with Crippen LogP contribution in [0.25, 0.3) is 0 Å². The Bertz CT molecular complexity index is 1100. The molecule has 0 N–H and O–H groups in total. The fourth-order valence-electron chi connectivity index (χ4n) is 5.12. The van der Waals surface area contributed by atoms with Crippen molar-refractivity contribution in [2.45, 2.75) is 37.8 Å². The van der Waals surface area contributed by atoms with Crippen molar-refractivity contribution >= 4 is 11.4 Å². The van der Waals surface area contributed by atoms with E-state index in [0.29, 0.717) is 6.04 Å². The average Bonchev–Trinajstić information content (AvgIpc) is 3.58. The van der Waals surface area contributed by atoms with Crippen LogP contribution in [0.3, 0.4) is 0 Å². The highest BCUT2D eigenvalue weighted by atomic mass is 16.6. The summed E-state index contributed by atoms with van der Waals surface area (Å²) in [5, 5.41) is 24.0. The molecule has 1 saturated carbocycles. The Morgan fingerprint density at radius 2 is 1.68 bits per heavy atom. The van der Waals surface area contributed by atoms with Gasteiger partial charge in [-0.05, 0) is 53.1 Å². The van der Waals surface area contributed by atoms with Crippen molar-refractivity contribution in [3.05, 3.63) is 70.0 Å². The van der Waals surface area contributed by atoms with E-state index >= 15 is 0 Å². The molecule has 178 valence electrons. The number of rotatable bonds is 7. The number of nitro groups is 1. The number of hydrogen-bond donors (Lipinski definition) is 0. The van der Waals surface area contributed by atoms with Gasteiger partial charge in [0.1, 0.15) is 5.75 Å². The molecule has 2 aromatic carbocycles. The largest absolute Gasteiger partial charge is 0.497 e. The van der Waals surface area contributed by atoms with E-state index < -0.39 is 0 Å². The van der Waals surface area contributed by atoms with Gasteiger partial charge < -0.3 is 9.64 Å². The van der Waals surface area contributed by atoms with Crippen molar-refractivity contribution < 1.29 is 9.66 Å². The lowest BCUT2D eigenvalue weighted by molar-refractivity contribution is -0.384. The summed E-state index contributed by atoms with van der Waals surface area (Å²) >= 11 is 0. The van der Waals surface area contributed by atoms with Gasteiger partial charge in [0.2, 0.25) is 0 Å². The topological polar surface area (TPSA) is 102 Å². The number of anilines is 1. The van der Waals surface area contributed by atoms with Gasteiger partial charge in [-0.3, -0.25) is 15.0 Å². The predicted molar refractivity (Wildman–Crippen MR) is 127 cm³/mol. The first-order chi connectivity index (χ1) is 16.6. The zero-order valence-corrected chi connectivity index (χ0v) is 19.3. The molecule has 34 heavy (non-hydrogen) atoms. The molecule has 10 heteroatoms. The van der Waals surface area contributed by atoms with Gasteiger partial charge in [0.25, 0.3) is 5.69 Å². The normalized spacial score (nSPS) is 18.2. The molecule has 0 spiro atoms. The van der Waals surface area contributed by atoms with Crippen LogP contribution in [0.15, 0.2) is 48.5 Å². The quantitative estimate of drug-likeness (QED) is 0.387. The average molecular weight is 464 g/mol. The highest BCUT2D eigenvalue weighted by molar-refractivity contribution is 5.51. The fourth-order valence-corrected chi connectivity index (χ4v) is 5.12. The SMILES string of the molecule is COc1ccc([C@H](c2nnnn2C2CCCC2)N2CCN(c3ccc([N+](=O)[O-])cc3)CC2)cc1. The summed E-state index contributed by atoms with van der Waals surface area (Å²) in [7, 11) is 1.67. The molecule has 1 aliphatic carbocycles. The van der Waals surface area contributed by atoms with Crippen molar-refractivity contribution in [3.63, 3.8) is 0 Å². The highest BCUT2D eigenvalue weighted by Crippen LogP contribution is 2.35. The second-order valence-electron chi connectivity index (χ2n) is 8.89. The first-order valence-electron chi connectivity index (χ1n) is 11.8. The van der Waals surface area contributed by atoms with Crippen molar-refractivity contribution in [2.75, 3.05) is 38.2 Å². The number of benzene rings is 2. The summed E-state index contributed by atoms with van der Waals surface area (Å²) < 4.78 is 7.41. The molecule has 2 aliphatic rings. The molecule has 0 unspecified atom stereocenters. The molecule has 5 rings (SSSR count). The molecule has 0 amide bonds. The van der Waals surface area contributed by atoms with Crippen LogP contribution < -0.4 is 9.64 Å². The van der Waals surface area contributed by atoms with E-state index in [2.05, 4.69) is 37.5 Å². The number of nitro benzene ring substituents is 1. The van der Waals surface area contributed by atoms with Gasteiger partial charge >= 0.3 is 0 Å². The van der Waals surface area contributed by atoms with Crippen LogP contribution in [-0.2, 0) is 0 Å². The first-order valence-corrected chi connectivity index (χ1v) is 11.8.